The number of nitrogens with two attached hydrogens (primary N) is 1. The molecular weight excluding hydrogens is 352 g/mol. The van der Waals surface area contributed by atoms with Gasteiger partial charge >= 0.3 is 0 Å². The van der Waals surface area contributed by atoms with Crippen molar-refractivity contribution < 1.29 is 18.4 Å². The van der Waals surface area contributed by atoms with Crippen molar-refractivity contribution in [3.63, 3.8) is 0 Å². The first-order chi connectivity index (χ1) is 11.4. The Morgan fingerprint density at radius 3 is 2.60 bits per heavy atom. The van der Waals surface area contributed by atoms with Crippen molar-refractivity contribution >= 4 is 24.2 Å². The predicted octanol–water partition coefficient (Wildman–Crippen LogP) is 1.60. The first-order valence-electron chi connectivity index (χ1n) is 8.08. The van der Waals surface area contributed by atoms with Gasteiger partial charge in [-0.15, -0.1) is 12.4 Å². The topological polar surface area (TPSA) is 75.4 Å². The Morgan fingerprint density at radius 1 is 1.28 bits per heavy atom. The highest BCUT2D eigenvalue weighted by Gasteiger charge is 2.31. The Bertz CT molecular complexity index is 572. The lowest BCUT2D eigenvalue weighted by atomic mass is 9.96. The van der Waals surface area contributed by atoms with Crippen molar-refractivity contribution in [3.05, 3.63) is 35.9 Å². The van der Waals surface area contributed by atoms with Crippen LogP contribution in [0.1, 0.15) is 18.4 Å². The van der Waals surface area contributed by atoms with Gasteiger partial charge in [0.05, 0.1) is 25.4 Å². The quantitative estimate of drug-likeness (QED) is 0.793. The number of halogens is 3. The zero-order valence-electron chi connectivity index (χ0n) is 13.9. The van der Waals surface area contributed by atoms with Gasteiger partial charge in [0.15, 0.2) is 0 Å². The summed E-state index contributed by atoms with van der Waals surface area (Å²) in [5, 5.41) is 2.25. The smallest absolute Gasteiger partial charge is 0.277 e. The third-order valence-corrected chi connectivity index (χ3v) is 4.16. The van der Waals surface area contributed by atoms with E-state index >= 15 is 0 Å². The van der Waals surface area contributed by atoms with Gasteiger partial charge in [-0.1, -0.05) is 30.3 Å². The second-order valence-corrected chi connectivity index (χ2v) is 6.12. The van der Waals surface area contributed by atoms with Gasteiger partial charge in [0, 0.05) is 13.1 Å². The molecule has 0 radical (unpaired) electrons. The Kier molecular flexibility index (Phi) is 8.25. The second kappa shape index (κ2) is 9.68. The molecule has 25 heavy (non-hydrogen) atoms. The van der Waals surface area contributed by atoms with Crippen LogP contribution in [0.15, 0.2) is 30.3 Å². The Labute approximate surface area is 152 Å². The average molecular weight is 376 g/mol. The maximum absolute atomic E-state index is 13.1. The van der Waals surface area contributed by atoms with E-state index in [-0.39, 0.29) is 31.3 Å². The van der Waals surface area contributed by atoms with Crippen molar-refractivity contribution in [1.29, 1.82) is 0 Å². The van der Waals surface area contributed by atoms with Crippen LogP contribution in [0.4, 0.5) is 8.78 Å². The fourth-order valence-electron chi connectivity index (χ4n) is 2.73. The SMILES string of the molecule is Cl.NCC(F)(F)CNC(=O)C1CCCN(C(=O)Cc2ccccc2)C1. The summed E-state index contributed by atoms with van der Waals surface area (Å²) in [7, 11) is 0. The highest BCUT2D eigenvalue weighted by Crippen LogP contribution is 2.18. The molecule has 1 unspecified atom stereocenters. The molecule has 0 aromatic heterocycles. The number of rotatable bonds is 6. The predicted molar refractivity (Wildman–Crippen MR) is 93.7 cm³/mol. The molecule has 1 aliphatic rings. The molecule has 1 atom stereocenters. The number of benzene rings is 1. The van der Waals surface area contributed by atoms with Crippen LogP contribution < -0.4 is 11.1 Å². The molecule has 3 N–H and O–H groups in total. The van der Waals surface area contributed by atoms with E-state index in [1.165, 1.54) is 0 Å². The molecule has 0 saturated carbocycles. The fraction of sp³-hybridized carbons (Fsp3) is 0.529. The van der Waals surface area contributed by atoms with E-state index in [1.807, 2.05) is 30.3 Å². The molecule has 5 nitrogen and oxygen atoms in total. The summed E-state index contributed by atoms with van der Waals surface area (Å²) < 4.78 is 26.2. The van der Waals surface area contributed by atoms with Crippen LogP contribution in [0.3, 0.4) is 0 Å². The lowest BCUT2D eigenvalue weighted by Gasteiger charge is -2.32. The molecular formula is C17H24ClF2N3O2. The van der Waals surface area contributed by atoms with Crippen molar-refractivity contribution in [1.82, 2.24) is 10.2 Å². The Morgan fingerprint density at radius 2 is 1.96 bits per heavy atom. The summed E-state index contributed by atoms with van der Waals surface area (Å²) in [6.07, 6.45) is 1.56. The standard InChI is InChI=1S/C17H23F2N3O2.ClH/c18-17(19,11-20)12-21-16(24)14-7-4-8-22(10-14)15(23)9-13-5-2-1-3-6-13;/h1-3,5-6,14H,4,7-12,20H2,(H,21,24);1H. The van der Waals surface area contributed by atoms with Gasteiger partial charge in [-0.05, 0) is 18.4 Å². The second-order valence-electron chi connectivity index (χ2n) is 6.12. The monoisotopic (exact) mass is 375 g/mol. The molecule has 8 heteroatoms. The van der Waals surface area contributed by atoms with E-state index < -0.39 is 30.8 Å². The zero-order valence-corrected chi connectivity index (χ0v) is 14.7. The third kappa shape index (κ3) is 6.59. The summed E-state index contributed by atoms with van der Waals surface area (Å²) in [5.74, 6) is -4.05. The minimum Gasteiger partial charge on any atom is -0.350 e. The molecule has 1 aliphatic heterocycles. The molecule has 2 amide bonds. The van der Waals surface area contributed by atoms with Crippen LogP contribution >= 0.6 is 12.4 Å². The van der Waals surface area contributed by atoms with Gasteiger partial charge in [0.25, 0.3) is 5.92 Å². The van der Waals surface area contributed by atoms with E-state index in [4.69, 9.17) is 5.73 Å². The van der Waals surface area contributed by atoms with Crippen LogP contribution in [-0.4, -0.2) is 48.8 Å². The van der Waals surface area contributed by atoms with Crippen molar-refractivity contribution in [2.24, 2.45) is 11.7 Å². The number of likely N-dealkylation sites (tertiary alicyclic amines) is 1. The van der Waals surface area contributed by atoms with E-state index in [9.17, 15) is 18.4 Å². The van der Waals surface area contributed by atoms with E-state index in [0.29, 0.717) is 19.4 Å². The molecule has 1 heterocycles. The summed E-state index contributed by atoms with van der Waals surface area (Å²) >= 11 is 0. The highest BCUT2D eigenvalue weighted by molar-refractivity contribution is 5.85. The molecule has 1 aromatic carbocycles. The number of hydrogen-bond donors (Lipinski definition) is 2. The zero-order chi connectivity index (χ0) is 17.6. The normalized spacial score (nSPS) is 17.6. The van der Waals surface area contributed by atoms with Crippen LogP contribution in [0.25, 0.3) is 0 Å². The van der Waals surface area contributed by atoms with E-state index in [2.05, 4.69) is 5.32 Å². The number of hydrogen-bond acceptors (Lipinski definition) is 3. The van der Waals surface area contributed by atoms with Gasteiger partial charge in [0.2, 0.25) is 11.8 Å². The Balaban J connectivity index is 0.00000312. The fourth-order valence-corrected chi connectivity index (χ4v) is 2.73. The minimum absolute atomic E-state index is 0. The summed E-state index contributed by atoms with van der Waals surface area (Å²) in [4.78, 5) is 26.1. The van der Waals surface area contributed by atoms with Crippen molar-refractivity contribution in [2.75, 3.05) is 26.2 Å². The number of nitrogens with zero attached hydrogens (tertiary/aromatic N) is 1. The van der Waals surface area contributed by atoms with Crippen LogP contribution in [-0.2, 0) is 16.0 Å². The van der Waals surface area contributed by atoms with Crippen molar-refractivity contribution in [3.8, 4) is 0 Å². The first-order valence-corrected chi connectivity index (χ1v) is 8.08. The Hall–Kier alpha value is -1.73. The number of amides is 2. The number of alkyl halides is 2. The highest BCUT2D eigenvalue weighted by atomic mass is 35.5. The molecule has 0 aliphatic carbocycles. The lowest BCUT2D eigenvalue weighted by molar-refractivity contribution is -0.135. The van der Waals surface area contributed by atoms with Crippen molar-refractivity contribution in [2.45, 2.75) is 25.2 Å². The number of piperidine rings is 1. The number of nitrogens with one attached hydrogen (secondary N) is 1. The number of carbonyl (C=O) groups excluding carboxylic acids is 2. The van der Waals surface area contributed by atoms with E-state index in [0.717, 1.165) is 5.56 Å². The molecule has 0 spiro atoms. The van der Waals surface area contributed by atoms with Gasteiger partial charge in [-0.3, -0.25) is 9.59 Å². The van der Waals surface area contributed by atoms with Gasteiger partial charge in [0.1, 0.15) is 0 Å². The van der Waals surface area contributed by atoms with Crippen LogP contribution in [0.2, 0.25) is 0 Å². The molecule has 140 valence electrons. The van der Waals surface area contributed by atoms with Gasteiger partial charge in [-0.25, -0.2) is 8.78 Å². The molecule has 1 aromatic rings. The van der Waals surface area contributed by atoms with Gasteiger partial charge < -0.3 is 16.0 Å². The first kappa shape index (κ1) is 21.3. The van der Waals surface area contributed by atoms with Crippen LogP contribution in [0.5, 0.6) is 0 Å². The number of carbonyl (C=O) groups is 2. The van der Waals surface area contributed by atoms with E-state index in [1.54, 1.807) is 4.90 Å². The summed E-state index contributed by atoms with van der Waals surface area (Å²) in [6, 6.07) is 9.37. The molecule has 0 bridgehead atoms. The maximum Gasteiger partial charge on any atom is 0.277 e. The summed E-state index contributed by atoms with van der Waals surface area (Å²) in [6.45, 7) is -0.712. The lowest BCUT2D eigenvalue weighted by Crippen LogP contribution is -2.48. The molecule has 1 saturated heterocycles. The minimum atomic E-state index is -3.10. The molecule has 1 fully saturated rings. The largest absolute Gasteiger partial charge is 0.350 e. The average Bonchev–Trinajstić information content (AvgIpc) is 2.60. The summed E-state index contributed by atoms with van der Waals surface area (Å²) in [5.41, 5.74) is 5.87. The maximum atomic E-state index is 13.1. The molecule has 2 rings (SSSR count). The van der Waals surface area contributed by atoms with Gasteiger partial charge in [-0.2, -0.15) is 0 Å². The third-order valence-electron chi connectivity index (χ3n) is 4.16. The van der Waals surface area contributed by atoms with Crippen LogP contribution in [0, 0.1) is 5.92 Å².